The van der Waals surface area contributed by atoms with Crippen molar-refractivity contribution in [1.82, 2.24) is 10.3 Å². The van der Waals surface area contributed by atoms with E-state index in [4.69, 9.17) is 16.0 Å². The fourth-order valence-electron chi connectivity index (χ4n) is 2.44. The van der Waals surface area contributed by atoms with Crippen LogP contribution in [0.25, 0.3) is 10.8 Å². The number of hydrogen-bond acceptors (Lipinski definition) is 3. The number of benzene rings is 1. The van der Waals surface area contributed by atoms with Crippen LogP contribution in [-0.2, 0) is 0 Å². The Morgan fingerprint density at radius 1 is 1.25 bits per heavy atom. The number of furan rings is 1. The Balaban J connectivity index is 2.14. The molecule has 2 aromatic heterocycles. The highest BCUT2D eigenvalue weighted by molar-refractivity contribution is 6.28. The fourth-order valence-corrected chi connectivity index (χ4v) is 2.59. The second-order valence-corrected chi connectivity index (χ2v) is 4.95. The van der Waals surface area contributed by atoms with Crippen LogP contribution in [0.4, 0.5) is 0 Å². The first kappa shape index (κ1) is 13.2. The lowest BCUT2D eigenvalue weighted by Gasteiger charge is -2.18. The number of halogens is 1. The van der Waals surface area contributed by atoms with Crippen LogP contribution < -0.4 is 5.32 Å². The molecular formula is C16H15ClN2O. The summed E-state index contributed by atoms with van der Waals surface area (Å²) >= 11 is 5.90. The maximum absolute atomic E-state index is 5.90. The van der Waals surface area contributed by atoms with Crippen LogP contribution in [0.3, 0.4) is 0 Å². The maximum Gasteiger partial charge on any atom is 0.193 e. The third-order valence-electron chi connectivity index (χ3n) is 3.32. The second kappa shape index (κ2) is 5.65. The number of nitrogens with one attached hydrogen (secondary N) is 1. The molecule has 0 aliphatic rings. The summed E-state index contributed by atoms with van der Waals surface area (Å²) in [5.41, 5.74) is 1.14. The molecule has 3 nitrogen and oxygen atoms in total. The monoisotopic (exact) mass is 286 g/mol. The molecule has 0 spiro atoms. The van der Waals surface area contributed by atoms with Gasteiger partial charge in [0.05, 0.1) is 6.04 Å². The number of hydrogen-bond donors (Lipinski definition) is 1. The molecule has 4 heteroatoms. The van der Waals surface area contributed by atoms with Crippen LogP contribution in [0, 0.1) is 0 Å². The lowest BCUT2D eigenvalue weighted by Crippen LogP contribution is -2.21. The zero-order valence-electron chi connectivity index (χ0n) is 11.1. The van der Waals surface area contributed by atoms with Gasteiger partial charge in [-0.05, 0) is 47.3 Å². The summed E-state index contributed by atoms with van der Waals surface area (Å²) < 4.78 is 5.58. The van der Waals surface area contributed by atoms with E-state index in [1.54, 1.807) is 12.3 Å². The predicted molar refractivity (Wildman–Crippen MR) is 81.0 cm³/mol. The summed E-state index contributed by atoms with van der Waals surface area (Å²) in [7, 11) is 0. The van der Waals surface area contributed by atoms with Crippen molar-refractivity contribution in [3.05, 3.63) is 65.3 Å². The van der Waals surface area contributed by atoms with Gasteiger partial charge in [0.1, 0.15) is 5.76 Å². The van der Waals surface area contributed by atoms with Gasteiger partial charge in [0.2, 0.25) is 0 Å². The van der Waals surface area contributed by atoms with Crippen molar-refractivity contribution in [1.29, 1.82) is 0 Å². The Kier molecular flexibility index (Phi) is 3.72. The first-order valence-electron chi connectivity index (χ1n) is 6.61. The topological polar surface area (TPSA) is 38.1 Å². The molecule has 0 aliphatic carbocycles. The molecule has 0 bridgehead atoms. The third-order valence-corrected chi connectivity index (χ3v) is 3.52. The van der Waals surface area contributed by atoms with Crippen molar-refractivity contribution in [3.8, 4) is 0 Å². The van der Waals surface area contributed by atoms with Gasteiger partial charge in [-0.15, -0.1) is 0 Å². The van der Waals surface area contributed by atoms with Crippen LogP contribution in [0.1, 0.15) is 24.3 Å². The van der Waals surface area contributed by atoms with Crippen LogP contribution in [0.15, 0.2) is 53.2 Å². The highest BCUT2D eigenvalue weighted by Crippen LogP contribution is 2.30. The second-order valence-electron chi connectivity index (χ2n) is 4.58. The molecule has 3 rings (SSSR count). The first-order valence-corrected chi connectivity index (χ1v) is 6.98. The van der Waals surface area contributed by atoms with Crippen LogP contribution in [0.2, 0.25) is 5.22 Å². The number of aromatic nitrogens is 1. The number of pyridine rings is 1. The van der Waals surface area contributed by atoms with Crippen molar-refractivity contribution in [3.63, 3.8) is 0 Å². The zero-order valence-corrected chi connectivity index (χ0v) is 11.9. The van der Waals surface area contributed by atoms with Crippen molar-refractivity contribution in [2.75, 3.05) is 6.54 Å². The smallest absolute Gasteiger partial charge is 0.193 e. The molecule has 1 atom stereocenters. The minimum atomic E-state index is -0.0274. The molecule has 2 heterocycles. The lowest BCUT2D eigenvalue weighted by atomic mass is 9.98. The molecule has 1 aromatic carbocycles. The Bertz CT molecular complexity index is 718. The summed E-state index contributed by atoms with van der Waals surface area (Å²) in [6.07, 6.45) is 3.69. The van der Waals surface area contributed by atoms with E-state index >= 15 is 0 Å². The average molecular weight is 287 g/mol. The predicted octanol–water partition coefficient (Wildman–Crippen LogP) is 4.18. The SMILES string of the molecule is CCNC(c1ccc(Cl)o1)c1cccc2ccncc12. The molecular weight excluding hydrogens is 272 g/mol. The molecule has 1 N–H and O–H groups in total. The number of nitrogens with zero attached hydrogens (tertiary/aromatic N) is 1. The van der Waals surface area contributed by atoms with Crippen LogP contribution >= 0.6 is 11.6 Å². The quantitative estimate of drug-likeness (QED) is 0.782. The van der Waals surface area contributed by atoms with Gasteiger partial charge in [-0.25, -0.2) is 0 Å². The number of rotatable bonds is 4. The van der Waals surface area contributed by atoms with E-state index in [0.29, 0.717) is 5.22 Å². The largest absolute Gasteiger partial charge is 0.448 e. The Hall–Kier alpha value is -1.84. The van der Waals surface area contributed by atoms with E-state index < -0.39 is 0 Å². The lowest BCUT2D eigenvalue weighted by molar-refractivity contribution is 0.455. The standard InChI is InChI=1S/C16H15ClN2O/c1-2-19-16(14-6-7-15(17)20-14)12-5-3-4-11-8-9-18-10-13(11)12/h3-10,16,19H,2H2,1H3. The van der Waals surface area contributed by atoms with E-state index in [9.17, 15) is 0 Å². The number of fused-ring (bicyclic) bond motifs is 1. The van der Waals surface area contributed by atoms with E-state index in [2.05, 4.69) is 29.4 Å². The first-order chi connectivity index (χ1) is 9.79. The molecule has 0 saturated carbocycles. The van der Waals surface area contributed by atoms with Gasteiger partial charge < -0.3 is 9.73 Å². The summed E-state index contributed by atoms with van der Waals surface area (Å²) in [6, 6.07) is 11.9. The minimum absolute atomic E-state index is 0.0274. The molecule has 0 saturated heterocycles. The highest BCUT2D eigenvalue weighted by Gasteiger charge is 2.19. The highest BCUT2D eigenvalue weighted by atomic mass is 35.5. The van der Waals surface area contributed by atoms with Gasteiger partial charge in [-0.2, -0.15) is 0 Å². The normalized spacial score (nSPS) is 12.7. The van der Waals surface area contributed by atoms with Crippen molar-refractivity contribution >= 4 is 22.4 Å². The third kappa shape index (κ3) is 2.42. The van der Waals surface area contributed by atoms with E-state index in [1.165, 1.54) is 0 Å². The molecule has 0 aliphatic heterocycles. The van der Waals surface area contributed by atoms with Crippen molar-refractivity contribution < 1.29 is 4.42 Å². The average Bonchev–Trinajstić information content (AvgIpc) is 2.91. The molecule has 20 heavy (non-hydrogen) atoms. The minimum Gasteiger partial charge on any atom is -0.448 e. The molecule has 1 unspecified atom stereocenters. The molecule has 0 fully saturated rings. The maximum atomic E-state index is 5.90. The van der Waals surface area contributed by atoms with Crippen molar-refractivity contribution in [2.24, 2.45) is 0 Å². The molecule has 3 aromatic rings. The molecule has 0 radical (unpaired) electrons. The van der Waals surface area contributed by atoms with Gasteiger partial charge >= 0.3 is 0 Å². The van der Waals surface area contributed by atoms with Gasteiger partial charge in [0.25, 0.3) is 0 Å². The van der Waals surface area contributed by atoms with Crippen molar-refractivity contribution in [2.45, 2.75) is 13.0 Å². The van der Waals surface area contributed by atoms with E-state index in [0.717, 1.165) is 28.6 Å². The van der Waals surface area contributed by atoms with Gasteiger partial charge in [-0.1, -0.05) is 25.1 Å². The Morgan fingerprint density at radius 3 is 2.90 bits per heavy atom. The van der Waals surface area contributed by atoms with E-state index in [1.807, 2.05) is 24.4 Å². The summed E-state index contributed by atoms with van der Waals surface area (Å²) in [6.45, 7) is 2.90. The summed E-state index contributed by atoms with van der Waals surface area (Å²) in [5.74, 6) is 0.813. The van der Waals surface area contributed by atoms with Crippen LogP contribution in [-0.4, -0.2) is 11.5 Å². The van der Waals surface area contributed by atoms with E-state index in [-0.39, 0.29) is 6.04 Å². The molecule has 102 valence electrons. The van der Waals surface area contributed by atoms with Gasteiger partial charge in [0, 0.05) is 17.8 Å². The summed E-state index contributed by atoms with van der Waals surface area (Å²) in [5, 5.41) is 6.13. The van der Waals surface area contributed by atoms with Crippen LogP contribution in [0.5, 0.6) is 0 Å². The van der Waals surface area contributed by atoms with Gasteiger partial charge in [-0.3, -0.25) is 4.98 Å². The van der Waals surface area contributed by atoms with Gasteiger partial charge in [0.15, 0.2) is 5.22 Å². The fraction of sp³-hybridized carbons (Fsp3) is 0.188. The summed E-state index contributed by atoms with van der Waals surface area (Å²) in [4.78, 5) is 4.23. The zero-order chi connectivity index (χ0) is 13.9. The Morgan fingerprint density at radius 2 is 2.15 bits per heavy atom. The Labute approximate surface area is 122 Å². The molecule has 0 amide bonds.